The van der Waals surface area contributed by atoms with Crippen LogP contribution in [-0.2, 0) is 0 Å². The van der Waals surface area contributed by atoms with Crippen molar-refractivity contribution < 1.29 is 4.48 Å². The van der Waals surface area contributed by atoms with Gasteiger partial charge in [-0.3, -0.25) is 0 Å². The molecule has 0 saturated carbocycles. The summed E-state index contributed by atoms with van der Waals surface area (Å²) in [6.07, 6.45) is 1.76. The molecule has 0 bridgehead atoms. The molecule has 4 rings (SSSR count). The Labute approximate surface area is 269 Å². The van der Waals surface area contributed by atoms with E-state index in [1.165, 1.54) is 5.69 Å². The number of benzene rings is 4. The lowest BCUT2D eigenvalue weighted by atomic mass is 10.0. The minimum Gasteiger partial charge on any atom is -0.378 e. The lowest BCUT2D eigenvalue weighted by molar-refractivity contribution is -0.868. The third-order valence-corrected chi connectivity index (χ3v) is 7.49. The zero-order chi connectivity index (χ0) is 32.4. The van der Waals surface area contributed by atoms with Crippen LogP contribution in [-0.4, -0.2) is 85.4 Å². The van der Waals surface area contributed by atoms with E-state index >= 15 is 0 Å². The maximum absolute atomic E-state index is 4.67. The van der Waals surface area contributed by atoms with Crippen molar-refractivity contribution in [3.05, 3.63) is 114 Å². The van der Waals surface area contributed by atoms with Crippen LogP contribution in [0.25, 0.3) is 0 Å². The van der Waals surface area contributed by atoms with E-state index in [0.717, 1.165) is 69.3 Å². The van der Waals surface area contributed by atoms with Crippen molar-refractivity contribution >= 4 is 40.4 Å². The molecule has 234 valence electrons. The van der Waals surface area contributed by atoms with Gasteiger partial charge in [-0.1, -0.05) is 36.4 Å². The minimum atomic E-state index is 0.778. The summed E-state index contributed by atoms with van der Waals surface area (Å²) < 4.78 is 0.944. The topological polar surface area (TPSA) is 59.2 Å². The fourth-order valence-corrected chi connectivity index (χ4v) is 4.63. The predicted octanol–water partition coefficient (Wildman–Crippen LogP) is 7.64. The summed E-state index contributed by atoms with van der Waals surface area (Å²) in [6, 6.07) is 32.8. The molecule has 0 radical (unpaired) electrons. The molecule has 0 amide bonds. The third kappa shape index (κ3) is 9.84. The summed E-state index contributed by atoms with van der Waals surface area (Å²) >= 11 is 0. The predicted molar refractivity (Wildman–Crippen MR) is 193 cm³/mol. The van der Waals surface area contributed by atoms with Gasteiger partial charge in [0.05, 0.1) is 51.8 Å². The third-order valence-electron chi connectivity index (χ3n) is 7.49. The number of rotatable bonds is 13. The highest BCUT2D eigenvalue weighted by Crippen LogP contribution is 2.23. The van der Waals surface area contributed by atoms with E-state index < -0.39 is 0 Å². The van der Waals surface area contributed by atoms with Crippen LogP contribution in [0.4, 0.5) is 28.4 Å². The lowest BCUT2D eigenvalue weighted by Gasteiger charge is -2.29. The number of anilines is 3. The Hall–Kier alpha value is -4.82. The molecule has 0 aromatic heterocycles. The Morgan fingerprint density at radius 3 is 1.49 bits per heavy atom. The number of hydrogen-bond donors (Lipinski definition) is 0. The Morgan fingerprint density at radius 1 is 0.622 bits per heavy atom. The summed E-state index contributed by atoms with van der Waals surface area (Å²) in [5.41, 5.74) is 8.83. The second-order valence-corrected chi connectivity index (χ2v) is 12.5. The Balaban J connectivity index is 1.45. The van der Waals surface area contributed by atoms with E-state index in [9.17, 15) is 0 Å². The first-order chi connectivity index (χ1) is 21.5. The smallest absolute Gasteiger partial charge is 0.100 e. The second kappa shape index (κ2) is 15.3. The average molecular weight is 604 g/mol. The number of nitrogens with zero attached hydrogens (tertiary/aromatic N) is 8. The van der Waals surface area contributed by atoms with Crippen LogP contribution in [0.3, 0.4) is 0 Å². The van der Waals surface area contributed by atoms with Crippen molar-refractivity contribution in [3.63, 3.8) is 0 Å². The van der Waals surface area contributed by atoms with Crippen LogP contribution < -0.4 is 14.7 Å². The van der Waals surface area contributed by atoms with Gasteiger partial charge in [0, 0.05) is 62.9 Å². The van der Waals surface area contributed by atoms with Crippen molar-refractivity contribution in [2.45, 2.75) is 6.92 Å². The molecule has 8 nitrogen and oxygen atoms in total. The van der Waals surface area contributed by atoms with Gasteiger partial charge in [-0.15, -0.1) is 5.10 Å². The molecule has 8 heteroatoms. The van der Waals surface area contributed by atoms with Crippen molar-refractivity contribution in [3.8, 4) is 0 Å². The average Bonchev–Trinajstić information content (AvgIpc) is 3.03. The van der Waals surface area contributed by atoms with Gasteiger partial charge in [-0.25, -0.2) is 0 Å². The molecule has 0 aliphatic heterocycles. The summed E-state index contributed by atoms with van der Waals surface area (Å²) in [5.74, 6) is 0. The number of azo groups is 1. The van der Waals surface area contributed by atoms with Crippen LogP contribution in [0, 0.1) is 0 Å². The quantitative estimate of drug-likeness (QED) is 0.0683. The first-order valence-corrected chi connectivity index (χ1v) is 15.4. The molecule has 45 heavy (non-hydrogen) atoms. The van der Waals surface area contributed by atoms with Crippen molar-refractivity contribution in [1.82, 2.24) is 0 Å². The van der Waals surface area contributed by atoms with Crippen molar-refractivity contribution in [2.75, 3.05) is 83.7 Å². The van der Waals surface area contributed by atoms with Gasteiger partial charge < -0.3 is 19.2 Å². The van der Waals surface area contributed by atoms with Crippen LogP contribution in [0.15, 0.2) is 117 Å². The van der Waals surface area contributed by atoms with Gasteiger partial charge >= 0.3 is 0 Å². The first-order valence-electron chi connectivity index (χ1n) is 15.4. The zero-order valence-corrected chi connectivity index (χ0v) is 28.0. The number of hydrogen-bond acceptors (Lipinski definition) is 7. The van der Waals surface area contributed by atoms with E-state index in [2.05, 4.69) is 124 Å². The summed E-state index contributed by atoms with van der Waals surface area (Å²) in [6.45, 7) is 5.25. The van der Waals surface area contributed by atoms with E-state index in [0.29, 0.717) is 0 Å². The normalized spacial score (nSPS) is 11.6. The van der Waals surface area contributed by atoms with Gasteiger partial charge in [-0.05, 0) is 73.2 Å². The number of quaternary nitrogens is 1. The molecule has 0 saturated heterocycles. The molecular formula is C37H47N8+. The number of likely N-dealkylation sites (N-methyl/N-ethyl adjacent to an activating group) is 2. The maximum Gasteiger partial charge on any atom is 0.100 e. The van der Waals surface area contributed by atoms with Crippen LogP contribution in [0.5, 0.6) is 0 Å². The molecule has 0 aliphatic carbocycles. The minimum absolute atomic E-state index is 0.778. The van der Waals surface area contributed by atoms with E-state index in [-0.39, 0.29) is 0 Å². The standard InChI is InChI=1S/C37H47N8/c1-9-44(26-27-45(6,7)8)36-24-18-33(19-25-36)40-39-32-16-10-29(11-17-32)28-38-41-37(30-12-20-34(21-13-30)42(2)3)31-14-22-35(23-15-31)43(4)5/h10-25,28H,9,26-27H2,1-8H3/q+1/b38-28+,40-39?. The highest BCUT2D eigenvalue weighted by molar-refractivity contribution is 6.13. The SMILES string of the molecule is CCN(CC[N+](C)(C)C)c1ccc(N=Nc2ccc(/C=N/N=C(c3ccc(N(C)C)cc3)c3ccc(N(C)C)cc3)cc2)cc1. The molecule has 0 aliphatic rings. The van der Waals surface area contributed by atoms with Gasteiger partial charge in [0.25, 0.3) is 0 Å². The molecule has 4 aromatic carbocycles. The van der Waals surface area contributed by atoms with Gasteiger partial charge in [0.2, 0.25) is 0 Å². The summed E-state index contributed by atoms with van der Waals surface area (Å²) in [7, 11) is 14.8. The van der Waals surface area contributed by atoms with Gasteiger partial charge in [-0.2, -0.15) is 15.3 Å². The molecule has 0 fully saturated rings. The van der Waals surface area contributed by atoms with E-state index in [1.807, 2.05) is 64.6 Å². The van der Waals surface area contributed by atoms with Gasteiger partial charge in [0.15, 0.2) is 0 Å². The lowest BCUT2D eigenvalue weighted by Crippen LogP contribution is -2.42. The molecule has 0 N–H and O–H groups in total. The van der Waals surface area contributed by atoms with Crippen LogP contribution in [0.1, 0.15) is 23.6 Å². The molecule has 0 heterocycles. The van der Waals surface area contributed by atoms with E-state index in [4.69, 9.17) is 0 Å². The van der Waals surface area contributed by atoms with E-state index in [1.54, 1.807) is 6.21 Å². The first kappa shape index (κ1) is 33.1. The Bertz CT molecular complexity index is 1520. The molecule has 4 aromatic rings. The van der Waals surface area contributed by atoms with Crippen LogP contribution >= 0.6 is 0 Å². The Morgan fingerprint density at radius 2 is 1.07 bits per heavy atom. The summed E-state index contributed by atoms with van der Waals surface area (Å²) in [5, 5.41) is 18.0. The zero-order valence-electron chi connectivity index (χ0n) is 28.0. The van der Waals surface area contributed by atoms with Gasteiger partial charge in [0.1, 0.15) is 5.71 Å². The monoisotopic (exact) mass is 603 g/mol. The second-order valence-electron chi connectivity index (χ2n) is 12.5. The molecule has 0 spiro atoms. The largest absolute Gasteiger partial charge is 0.378 e. The summed E-state index contributed by atoms with van der Waals surface area (Å²) in [4.78, 5) is 6.55. The van der Waals surface area contributed by atoms with Crippen molar-refractivity contribution in [2.24, 2.45) is 20.4 Å². The Kier molecular flexibility index (Phi) is 11.2. The fraction of sp³-hybridized carbons (Fsp3) is 0.297. The fourth-order valence-electron chi connectivity index (χ4n) is 4.63. The maximum atomic E-state index is 4.67. The molecular weight excluding hydrogens is 556 g/mol. The molecule has 0 unspecified atom stereocenters. The highest BCUT2D eigenvalue weighted by Gasteiger charge is 2.12. The molecule has 0 atom stereocenters. The van der Waals surface area contributed by atoms with Crippen LogP contribution in [0.2, 0.25) is 0 Å². The van der Waals surface area contributed by atoms with Crippen molar-refractivity contribution in [1.29, 1.82) is 0 Å². The highest BCUT2D eigenvalue weighted by atomic mass is 15.3.